The van der Waals surface area contributed by atoms with Crippen molar-refractivity contribution < 1.29 is 19.1 Å². The van der Waals surface area contributed by atoms with Crippen molar-refractivity contribution in [2.75, 3.05) is 13.1 Å². The lowest BCUT2D eigenvalue weighted by Crippen LogP contribution is -2.31. The summed E-state index contributed by atoms with van der Waals surface area (Å²) >= 11 is 0. The largest absolute Gasteiger partial charge is 0.481 e. The zero-order valence-electron chi connectivity index (χ0n) is 10.5. The Morgan fingerprint density at radius 2 is 2.17 bits per heavy atom. The second-order valence-electron chi connectivity index (χ2n) is 3.84. The van der Waals surface area contributed by atoms with E-state index in [9.17, 15) is 9.59 Å². The molecule has 0 bridgehead atoms. The van der Waals surface area contributed by atoms with Gasteiger partial charge in [-0.3, -0.25) is 9.59 Å². The molecule has 1 aromatic rings. The van der Waals surface area contributed by atoms with Crippen molar-refractivity contribution in [2.45, 2.75) is 20.3 Å². The Balaban J connectivity index is 2.56. The summed E-state index contributed by atoms with van der Waals surface area (Å²) < 4.78 is 5.29. The monoisotopic (exact) mass is 251 g/mol. The number of hydrogen-bond acceptors (Lipinski definition) is 3. The van der Waals surface area contributed by atoms with Crippen molar-refractivity contribution in [3.05, 3.63) is 29.7 Å². The van der Waals surface area contributed by atoms with Crippen molar-refractivity contribution in [3.63, 3.8) is 0 Å². The van der Waals surface area contributed by atoms with Gasteiger partial charge in [-0.2, -0.15) is 0 Å². The van der Waals surface area contributed by atoms with E-state index in [1.165, 1.54) is 11.0 Å². The highest BCUT2D eigenvalue weighted by atomic mass is 16.4. The minimum absolute atomic E-state index is 0.0483. The molecule has 0 aromatic carbocycles. The summed E-state index contributed by atoms with van der Waals surface area (Å²) in [5, 5.41) is 8.58. The van der Waals surface area contributed by atoms with Crippen LogP contribution in [0.5, 0.6) is 0 Å². The maximum absolute atomic E-state index is 11.8. The molecule has 1 N–H and O–H groups in total. The van der Waals surface area contributed by atoms with Crippen LogP contribution >= 0.6 is 0 Å². The van der Waals surface area contributed by atoms with Gasteiger partial charge in [0.2, 0.25) is 5.91 Å². The molecule has 1 heterocycles. The molecule has 1 amide bonds. The zero-order chi connectivity index (χ0) is 13.5. The van der Waals surface area contributed by atoms with Gasteiger partial charge in [-0.15, -0.1) is 0 Å². The fourth-order valence-electron chi connectivity index (χ4n) is 1.46. The molecule has 0 unspecified atom stereocenters. The maximum atomic E-state index is 11.8. The molecule has 0 aliphatic carbocycles. The van der Waals surface area contributed by atoms with Crippen molar-refractivity contribution >= 4 is 18.0 Å². The Hall–Kier alpha value is -2.04. The molecule has 5 nitrogen and oxygen atoms in total. The van der Waals surface area contributed by atoms with Crippen LogP contribution in [0.3, 0.4) is 0 Å². The van der Waals surface area contributed by atoms with Crippen LogP contribution in [0.2, 0.25) is 0 Å². The highest BCUT2D eigenvalue weighted by Crippen LogP contribution is 2.08. The first-order valence-electron chi connectivity index (χ1n) is 5.78. The van der Waals surface area contributed by atoms with E-state index in [1.807, 2.05) is 19.9 Å². The number of carboxylic acids is 1. The number of aliphatic carboxylic acids is 1. The smallest absolute Gasteiger partial charge is 0.305 e. The van der Waals surface area contributed by atoms with Gasteiger partial charge in [-0.1, -0.05) is 0 Å². The topological polar surface area (TPSA) is 70.8 Å². The molecule has 0 aliphatic rings. The third kappa shape index (κ3) is 4.45. The molecule has 0 saturated carbocycles. The molecule has 18 heavy (non-hydrogen) atoms. The number of carboxylic acid groups (broad SMARTS) is 1. The van der Waals surface area contributed by atoms with Gasteiger partial charge in [0.15, 0.2) is 0 Å². The first-order valence-corrected chi connectivity index (χ1v) is 5.78. The molecule has 0 aliphatic heterocycles. The number of carbonyl (C=O) groups is 2. The SMILES string of the molecule is CCN(CCC(=O)O)C(=O)/C=C/c1ccc(C)o1. The van der Waals surface area contributed by atoms with Crippen LogP contribution in [-0.2, 0) is 9.59 Å². The Morgan fingerprint density at radius 1 is 1.44 bits per heavy atom. The van der Waals surface area contributed by atoms with Gasteiger partial charge in [-0.05, 0) is 32.1 Å². The van der Waals surface area contributed by atoms with Crippen LogP contribution in [0.4, 0.5) is 0 Å². The summed E-state index contributed by atoms with van der Waals surface area (Å²) in [4.78, 5) is 23.7. The summed E-state index contributed by atoms with van der Waals surface area (Å²) in [5.74, 6) is 0.259. The van der Waals surface area contributed by atoms with Crippen LogP contribution in [0.25, 0.3) is 6.08 Å². The Bertz CT molecular complexity index is 448. The number of furan rings is 1. The first kappa shape index (κ1) is 14.0. The number of rotatable bonds is 6. The number of likely N-dealkylation sites (N-methyl/N-ethyl adjacent to an activating group) is 1. The van der Waals surface area contributed by atoms with Gasteiger partial charge < -0.3 is 14.4 Å². The summed E-state index contributed by atoms with van der Waals surface area (Å²) in [6.45, 7) is 4.33. The predicted octanol–water partition coefficient (Wildman–Crippen LogP) is 1.92. The quantitative estimate of drug-likeness (QED) is 0.784. The third-order valence-corrected chi connectivity index (χ3v) is 2.44. The number of aryl methyl sites for hydroxylation is 1. The van der Waals surface area contributed by atoms with Crippen LogP contribution < -0.4 is 0 Å². The fourth-order valence-corrected chi connectivity index (χ4v) is 1.46. The van der Waals surface area contributed by atoms with E-state index >= 15 is 0 Å². The first-order chi connectivity index (χ1) is 8.52. The van der Waals surface area contributed by atoms with Crippen molar-refractivity contribution in [1.29, 1.82) is 0 Å². The Labute approximate surface area is 106 Å². The van der Waals surface area contributed by atoms with Crippen LogP contribution in [0, 0.1) is 6.92 Å². The summed E-state index contributed by atoms with van der Waals surface area (Å²) in [6.07, 6.45) is 2.93. The number of hydrogen-bond donors (Lipinski definition) is 1. The van der Waals surface area contributed by atoms with Crippen molar-refractivity contribution in [3.8, 4) is 0 Å². The second-order valence-corrected chi connectivity index (χ2v) is 3.84. The molecule has 0 atom stereocenters. The van der Waals surface area contributed by atoms with E-state index in [-0.39, 0.29) is 18.9 Å². The van der Waals surface area contributed by atoms with Crippen molar-refractivity contribution in [2.24, 2.45) is 0 Å². The minimum Gasteiger partial charge on any atom is -0.481 e. The molecule has 0 saturated heterocycles. The number of amides is 1. The summed E-state index contributed by atoms with van der Waals surface area (Å²) in [7, 11) is 0. The van der Waals surface area contributed by atoms with E-state index in [2.05, 4.69) is 0 Å². The average molecular weight is 251 g/mol. The van der Waals surface area contributed by atoms with Crippen LogP contribution in [0.1, 0.15) is 24.9 Å². The van der Waals surface area contributed by atoms with Gasteiger partial charge in [0.1, 0.15) is 11.5 Å². The average Bonchev–Trinajstić information content (AvgIpc) is 2.73. The van der Waals surface area contributed by atoms with Gasteiger partial charge in [-0.25, -0.2) is 0 Å². The molecule has 0 spiro atoms. The Kier molecular flexibility index (Phi) is 5.17. The highest BCUT2D eigenvalue weighted by Gasteiger charge is 2.10. The molecule has 1 aromatic heterocycles. The predicted molar refractivity (Wildman–Crippen MR) is 67.0 cm³/mol. The fraction of sp³-hybridized carbons (Fsp3) is 0.385. The number of nitrogens with zero attached hydrogens (tertiary/aromatic N) is 1. The van der Waals surface area contributed by atoms with E-state index in [0.717, 1.165) is 5.76 Å². The molecular weight excluding hydrogens is 234 g/mol. The molecule has 1 rings (SSSR count). The van der Waals surface area contributed by atoms with Crippen LogP contribution in [-0.4, -0.2) is 35.0 Å². The minimum atomic E-state index is -0.910. The maximum Gasteiger partial charge on any atom is 0.305 e. The Morgan fingerprint density at radius 3 is 2.67 bits per heavy atom. The lowest BCUT2D eigenvalue weighted by molar-refractivity contribution is -0.137. The standard InChI is InChI=1S/C13H17NO4/c1-3-14(9-8-13(16)17)12(15)7-6-11-5-4-10(2)18-11/h4-7H,3,8-9H2,1-2H3,(H,16,17)/b7-6+. The lowest BCUT2D eigenvalue weighted by atomic mass is 10.3. The van der Waals surface area contributed by atoms with E-state index < -0.39 is 5.97 Å². The lowest BCUT2D eigenvalue weighted by Gasteiger charge is -2.17. The van der Waals surface area contributed by atoms with Gasteiger partial charge in [0, 0.05) is 19.2 Å². The van der Waals surface area contributed by atoms with Gasteiger partial charge in [0.25, 0.3) is 0 Å². The molecule has 5 heteroatoms. The van der Waals surface area contributed by atoms with E-state index in [1.54, 1.807) is 12.1 Å². The molecular formula is C13H17NO4. The second kappa shape index (κ2) is 6.64. The third-order valence-electron chi connectivity index (χ3n) is 2.44. The number of carbonyl (C=O) groups excluding carboxylic acids is 1. The van der Waals surface area contributed by atoms with Gasteiger partial charge >= 0.3 is 5.97 Å². The van der Waals surface area contributed by atoms with E-state index in [4.69, 9.17) is 9.52 Å². The van der Waals surface area contributed by atoms with Crippen LogP contribution in [0.15, 0.2) is 22.6 Å². The zero-order valence-corrected chi connectivity index (χ0v) is 10.5. The molecule has 0 radical (unpaired) electrons. The highest BCUT2D eigenvalue weighted by molar-refractivity contribution is 5.91. The van der Waals surface area contributed by atoms with E-state index in [0.29, 0.717) is 12.3 Å². The summed E-state index contributed by atoms with van der Waals surface area (Å²) in [6, 6.07) is 3.58. The molecule has 98 valence electrons. The normalized spacial score (nSPS) is 10.8. The molecule has 0 fully saturated rings. The van der Waals surface area contributed by atoms with Gasteiger partial charge in [0.05, 0.1) is 6.42 Å². The van der Waals surface area contributed by atoms with Crippen molar-refractivity contribution in [1.82, 2.24) is 4.90 Å². The summed E-state index contributed by atoms with van der Waals surface area (Å²) in [5.41, 5.74) is 0.